The first kappa shape index (κ1) is 14.8. The van der Waals surface area contributed by atoms with E-state index in [9.17, 15) is 9.59 Å². The van der Waals surface area contributed by atoms with Crippen LogP contribution in [-0.2, 0) is 0 Å². The number of para-hydroxylation sites is 1. The maximum absolute atomic E-state index is 12.8. The fraction of sp³-hybridized carbons (Fsp3) is 0.412. The van der Waals surface area contributed by atoms with Crippen LogP contribution in [-0.4, -0.2) is 42.0 Å². The number of aryl methyl sites for hydroxylation is 1. The number of carbonyl (C=O) groups excluding carboxylic acids is 1. The highest BCUT2D eigenvalue weighted by Gasteiger charge is 2.26. The summed E-state index contributed by atoms with van der Waals surface area (Å²) >= 11 is 0. The van der Waals surface area contributed by atoms with Crippen LogP contribution in [0.1, 0.15) is 28.8 Å². The van der Waals surface area contributed by atoms with Gasteiger partial charge in [-0.1, -0.05) is 18.2 Å². The van der Waals surface area contributed by atoms with Crippen LogP contribution in [0, 0.1) is 6.92 Å². The summed E-state index contributed by atoms with van der Waals surface area (Å²) < 4.78 is 0. The van der Waals surface area contributed by atoms with E-state index in [1.807, 2.05) is 38.2 Å². The van der Waals surface area contributed by atoms with Crippen LogP contribution in [0.2, 0.25) is 0 Å². The Morgan fingerprint density at radius 3 is 2.64 bits per heavy atom. The van der Waals surface area contributed by atoms with Gasteiger partial charge in [0.2, 0.25) is 0 Å². The van der Waals surface area contributed by atoms with Crippen molar-refractivity contribution in [3.8, 4) is 0 Å². The Hall–Kier alpha value is -2.14. The topological polar surface area (TPSA) is 65.2 Å². The average Bonchev–Trinajstić information content (AvgIpc) is 2.55. The Morgan fingerprint density at radius 2 is 1.95 bits per heavy atom. The number of likely N-dealkylation sites (tertiary alicyclic amines) is 1. The van der Waals surface area contributed by atoms with Crippen molar-refractivity contribution < 1.29 is 4.79 Å². The van der Waals surface area contributed by atoms with Crippen LogP contribution in [0.25, 0.3) is 10.9 Å². The fourth-order valence-corrected chi connectivity index (χ4v) is 3.20. The van der Waals surface area contributed by atoms with Crippen LogP contribution in [0.15, 0.2) is 29.1 Å². The molecule has 2 N–H and O–H groups in total. The lowest BCUT2D eigenvalue weighted by Crippen LogP contribution is -2.45. The first-order valence-corrected chi connectivity index (χ1v) is 7.70. The number of rotatable bonds is 2. The molecule has 5 heteroatoms. The van der Waals surface area contributed by atoms with Crippen molar-refractivity contribution in [1.82, 2.24) is 15.2 Å². The average molecular weight is 299 g/mol. The molecule has 1 fully saturated rings. The molecule has 0 spiro atoms. The van der Waals surface area contributed by atoms with Gasteiger partial charge in [-0.2, -0.15) is 0 Å². The van der Waals surface area contributed by atoms with Gasteiger partial charge in [0.25, 0.3) is 11.5 Å². The second-order valence-electron chi connectivity index (χ2n) is 5.85. The number of amides is 1. The lowest BCUT2D eigenvalue weighted by Gasteiger charge is -2.32. The van der Waals surface area contributed by atoms with Crippen molar-refractivity contribution in [3.63, 3.8) is 0 Å². The maximum atomic E-state index is 12.8. The van der Waals surface area contributed by atoms with Gasteiger partial charge in [-0.05, 0) is 38.4 Å². The van der Waals surface area contributed by atoms with Gasteiger partial charge < -0.3 is 15.2 Å². The zero-order valence-electron chi connectivity index (χ0n) is 13.0. The maximum Gasteiger partial charge on any atom is 0.261 e. The van der Waals surface area contributed by atoms with Crippen molar-refractivity contribution in [1.29, 1.82) is 0 Å². The summed E-state index contributed by atoms with van der Waals surface area (Å²) in [6.07, 6.45) is 1.85. The smallest absolute Gasteiger partial charge is 0.261 e. The third-order valence-corrected chi connectivity index (χ3v) is 4.59. The number of hydrogen-bond donors (Lipinski definition) is 2. The molecule has 1 aromatic heterocycles. The van der Waals surface area contributed by atoms with Crippen molar-refractivity contribution in [2.24, 2.45) is 0 Å². The highest BCUT2D eigenvalue weighted by Crippen LogP contribution is 2.19. The largest absolute Gasteiger partial charge is 0.338 e. The SMILES string of the molecule is CNC1CCN(C(=O)c2c(C)c3ccccc3[nH]c2=O)CC1. The summed E-state index contributed by atoms with van der Waals surface area (Å²) in [5.41, 5.74) is 1.52. The molecule has 0 aliphatic carbocycles. The standard InChI is InChI=1S/C17H21N3O2/c1-11-13-5-3-4-6-14(13)19-16(21)15(11)17(22)20-9-7-12(18-2)8-10-20/h3-6,12,18H,7-10H2,1-2H3,(H,19,21). The number of nitrogens with one attached hydrogen (secondary N) is 2. The number of carbonyl (C=O) groups is 1. The predicted molar refractivity (Wildman–Crippen MR) is 87.3 cm³/mol. The first-order valence-electron chi connectivity index (χ1n) is 7.70. The molecule has 1 aromatic carbocycles. The van der Waals surface area contributed by atoms with E-state index in [4.69, 9.17) is 0 Å². The number of hydrogen-bond acceptors (Lipinski definition) is 3. The van der Waals surface area contributed by atoms with Gasteiger partial charge in [0.1, 0.15) is 5.56 Å². The number of aromatic nitrogens is 1. The van der Waals surface area contributed by atoms with E-state index in [0.717, 1.165) is 29.3 Å². The molecule has 0 radical (unpaired) electrons. The molecule has 0 bridgehead atoms. The molecule has 1 aliphatic heterocycles. The number of fused-ring (bicyclic) bond motifs is 1. The molecule has 0 unspecified atom stereocenters. The van der Waals surface area contributed by atoms with Gasteiger partial charge in [-0.15, -0.1) is 0 Å². The van der Waals surface area contributed by atoms with Crippen LogP contribution in [0.3, 0.4) is 0 Å². The van der Waals surface area contributed by atoms with E-state index in [-0.39, 0.29) is 17.0 Å². The van der Waals surface area contributed by atoms with E-state index in [2.05, 4.69) is 10.3 Å². The molecular formula is C17H21N3O2. The van der Waals surface area contributed by atoms with Gasteiger partial charge in [0, 0.05) is 30.0 Å². The Morgan fingerprint density at radius 1 is 1.27 bits per heavy atom. The third kappa shape index (κ3) is 2.52. The Bertz CT molecular complexity index is 758. The molecule has 22 heavy (non-hydrogen) atoms. The summed E-state index contributed by atoms with van der Waals surface area (Å²) in [7, 11) is 1.94. The van der Waals surface area contributed by atoms with Gasteiger partial charge in [0.05, 0.1) is 0 Å². The summed E-state index contributed by atoms with van der Waals surface area (Å²) in [5.74, 6) is -0.154. The quantitative estimate of drug-likeness (QED) is 0.886. The summed E-state index contributed by atoms with van der Waals surface area (Å²) in [4.78, 5) is 29.7. The molecule has 3 rings (SSSR count). The second-order valence-corrected chi connectivity index (χ2v) is 5.85. The Balaban J connectivity index is 1.96. The molecule has 1 saturated heterocycles. The van der Waals surface area contributed by atoms with Crippen molar-refractivity contribution >= 4 is 16.8 Å². The number of aromatic amines is 1. The van der Waals surface area contributed by atoms with Gasteiger partial charge in [-0.3, -0.25) is 9.59 Å². The highest BCUT2D eigenvalue weighted by atomic mass is 16.2. The van der Waals surface area contributed by atoms with E-state index >= 15 is 0 Å². The highest BCUT2D eigenvalue weighted by molar-refractivity contribution is 5.99. The molecule has 0 saturated carbocycles. The monoisotopic (exact) mass is 299 g/mol. The first-order chi connectivity index (χ1) is 10.6. The van der Waals surface area contributed by atoms with Crippen molar-refractivity contribution in [2.75, 3.05) is 20.1 Å². The number of benzene rings is 1. The fourth-order valence-electron chi connectivity index (χ4n) is 3.20. The molecular weight excluding hydrogens is 278 g/mol. The van der Waals surface area contributed by atoms with Gasteiger partial charge >= 0.3 is 0 Å². The molecule has 1 aliphatic rings. The molecule has 5 nitrogen and oxygen atoms in total. The number of piperidine rings is 1. The van der Waals surface area contributed by atoms with E-state index in [1.165, 1.54) is 0 Å². The Labute approximate surface area is 129 Å². The normalized spacial score (nSPS) is 16.2. The third-order valence-electron chi connectivity index (χ3n) is 4.59. The minimum Gasteiger partial charge on any atom is -0.338 e. The van der Waals surface area contributed by atoms with E-state index < -0.39 is 0 Å². The number of pyridine rings is 1. The lowest BCUT2D eigenvalue weighted by atomic mass is 10.0. The summed E-state index contributed by atoms with van der Waals surface area (Å²) in [6.45, 7) is 3.23. The lowest BCUT2D eigenvalue weighted by molar-refractivity contribution is 0.0705. The zero-order chi connectivity index (χ0) is 15.7. The summed E-state index contributed by atoms with van der Waals surface area (Å²) in [6, 6.07) is 8.04. The molecule has 2 heterocycles. The van der Waals surface area contributed by atoms with Crippen LogP contribution in [0.4, 0.5) is 0 Å². The van der Waals surface area contributed by atoms with E-state index in [1.54, 1.807) is 4.90 Å². The number of nitrogens with zero attached hydrogens (tertiary/aromatic N) is 1. The van der Waals surface area contributed by atoms with E-state index in [0.29, 0.717) is 19.1 Å². The molecule has 1 amide bonds. The minimum atomic E-state index is -0.295. The van der Waals surface area contributed by atoms with Crippen LogP contribution in [0.5, 0.6) is 0 Å². The molecule has 0 atom stereocenters. The predicted octanol–water partition coefficient (Wildman–Crippen LogP) is 1.66. The van der Waals surface area contributed by atoms with Gasteiger partial charge in [0.15, 0.2) is 0 Å². The van der Waals surface area contributed by atoms with Crippen LogP contribution < -0.4 is 10.9 Å². The number of H-pyrrole nitrogens is 1. The van der Waals surface area contributed by atoms with Crippen molar-refractivity contribution in [3.05, 3.63) is 45.7 Å². The zero-order valence-corrected chi connectivity index (χ0v) is 13.0. The van der Waals surface area contributed by atoms with Crippen molar-refractivity contribution in [2.45, 2.75) is 25.8 Å². The molecule has 116 valence electrons. The van der Waals surface area contributed by atoms with Gasteiger partial charge in [-0.25, -0.2) is 0 Å². The minimum absolute atomic E-state index is 0.154. The van der Waals surface area contributed by atoms with Crippen LogP contribution >= 0.6 is 0 Å². The Kier molecular flexibility index (Phi) is 3.98. The second kappa shape index (κ2) is 5.93. The molecule has 2 aromatic rings. The summed E-state index contributed by atoms with van der Waals surface area (Å²) in [5, 5.41) is 4.17.